The van der Waals surface area contributed by atoms with Crippen molar-refractivity contribution in [3.8, 4) is 0 Å². The first-order chi connectivity index (χ1) is 6.50. The lowest BCUT2D eigenvalue weighted by Gasteiger charge is -2.15. The smallest absolute Gasteiger partial charge is 0.0482 e. The number of hydrogen-bond donors (Lipinski definition) is 1. The summed E-state index contributed by atoms with van der Waals surface area (Å²) in [5.41, 5.74) is 9.92. The molecule has 0 saturated carbocycles. The van der Waals surface area contributed by atoms with Gasteiger partial charge in [0.05, 0.1) is 0 Å². The van der Waals surface area contributed by atoms with Crippen LogP contribution in [-0.2, 0) is 6.42 Å². The van der Waals surface area contributed by atoms with Crippen LogP contribution >= 0.6 is 23.2 Å². The fourth-order valence-corrected chi connectivity index (χ4v) is 2.19. The lowest BCUT2D eigenvalue weighted by atomic mass is 9.97. The Morgan fingerprint density at radius 3 is 1.71 bits per heavy atom. The summed E-state index contributed by atoms with van der Waals surface area (Å²) < 4.78 is 0. The van der Waals surface area contributed by atoms with E-state index in [1.807, 2.05) is 20.8 Å². The van der Waals surface area contributed by atoms with Gasteiger partial charge in [-0.3, -0.25) is 0 Å². The maximum Gasteiger partial charge on any atom is 0.0482 e. The number of halogens is 2. The predicted molar refractivity (Wildman–Crippen MR) is 63.4 cm³/mol. The van der Waals surface area contributed by atoms with E-state index in [0.717, 1.165) is 33.2 Å². The lowest BCUT2D eigenvalue weighted by molar-refractivity contribution is 0.945. The molecule has 1 rings (SSSR count). The highest BCUT2D eigenvalue weighted by Crippen LogP contribution is 2.33. The number of nitrogens with two attached hydrogens (primary N) is 1. The fraction of sp³-hybridized carbons (Fsp3) is 0.455. The zero-order valence-corrected chi connectivity index (χ0v) is 10.3. The second kappa shape index (κ2) is 4.52. The molecule has 0 fully saturated rings. The molecule has 0 spiro atoms. The minimum Gasteiger partial charge on any atom is -0.330 e. The minimum absolute atomic E-state index is 0.622. The average molecular weight is 232 g/mol. The van der Waals surface area contributed by atoms with Gasteiger partial charge in [0.15, 0.2) is 0 Å². The van der Waals surface area contributed by atoms with Gasteiger partial charge >= 0.3 is 0 Å². The molecule has 0 amide bonds. The summed E-state index contributed by atoms with van der Waals surface area (Å²) in [7, 11) is 0. The van der Waals surface area contributed by atoms with Crippen LogP contribution in [0.5, 0.6) is 0 Å². The van der Waals surface area contributed by atoms with Gasteiger partial charge in [0.1, 0.15) is 0 Å². The van der Waals surface area contributed by atoms with Gasteiger partial charge in [-0.15, -0.1) is 0 Å². The zero-order chi connectivity index (χ0) is 10.9. The summed E-state index contributed by atoms with van der Waals surface area (Å²) in [5, 5.41) is 1.54. The molecule has 14 heavy (non-hydrogen) atoms. The quantitative estimate of drug-likeness (QED) is 0.830. The van der Waals surface area contributed by atoms with E-state index in [9.17, 15) is 0 Å². The van der Waals surface area contributed by atoms with Crippen molar-refractivity contribution in [1.82, 2.24) is 0 Å². The molecule has 0 bridgehead atoms. The summed E-state index contributed by atoms with van der Waals surface area (Å²) >= 11 is 12.3. The number of hydrogen-bond acceptors (Lipinski definition) is 1. The SMILES string of the molecule is Cc1c(Cl)c(C)c(CCN)c(C)c1Cl. The normalized spacial score (nSPS) is 10.7. The van der Waals surface area contributed by atoms with Crippen LogP contribution in [0.25, 0.3) is 0 Å². The van der Waals surface area contributed by atoms with Gasteiger partial charge in [0, 0.05) is 10.0 Å². The lowest BCUT2D eigenvalue weighted by Crippen LogP contribution is -2.07. The van der Waals surface area contributed by atoms with Gasteiger partial charge in [-0.1, -0.05) is 23.2 Å². The Bertz CT molecular complexity index is 330. The van der Waals surface area contributed by atoms with E-state index in [4.69, 9.17) is 28.9 Å². The Morgan fingerprint density at radius 1 is 0.929 bits per heavy atom. The molecule has 0 heterocycles. The van der Waals surface area contributed by atoms with Crippen LogP contribution in [0.2, 0.25) is 10.0 Å². The second-order valence-corrected chi connectivity index (χ2v) is 4.28. The fourth-order valence-electron chi connectivity index (χ4n) is 1.72. The monoisotopic (exact) mass is 231 g/mol. The molecule has 0 saturated heterocycles. The first-order valence-corrected chi connectivity index (χ1v) is 5.40. The molecule has 2 N–H and O–H groups in total. The molecule has 3 heteroatoms. The molecular weight excluding hydrogens is 217 g/mol. The summed E-state index contributed by atoms with van der Waals surface area (Å²) in [6.07, 6.45) is 0.831. The van der Waals surface area contributed by atoms with Crippen LogP contribution < -0.4 is 5.73 Å². The molecular formula is C11H15Cl2N. The molecule has 0 aromatic heterocycles. The Morgan fingerprint density at radius 2 is 1.36 bits per heavy atom. The molecule has 0 aliphatic carbocycles. The maximum absolute atomic E-state index is 6.17. The van der Waals surface area contributed by atoms with Crippen LogP contribution in [0.3, 0.4) is 0 Å². The van der Waals surface area contributed by atoms with Crippen molar-refractivity contribution in [3.63, 3.8) is 0 Å². The molecule has 1 nitrogen and oxygen atoms in total. The number of benzene rings is 1. The summed E-state index contributed by atoms with van der Waals surface area (Å²) in [5.74, 6) is 0. The molecule has 1 aromatic carbocycles. The van der Waals surface area contributed by atoms with Gasteiger partial charge < -0.3 is 5.73 Å². The second-order valence-electron chi connectivity index (χ2n) is 3.52. The van der Waals surface area contributed by atoms with Crippen molar-refractivity contribution >= 4 is 23.2 Å². The predicted octanol–water partition coefficient (Wildman–Crippen LogP) is 3.42. The van der Waals surface area contributed by atoms with Crippen LogP contribution in [0.4, 0.5) is 0 Å². The van der Waals surface area contributed by atoms with E-state index in [0.29, 0.717) is 6.54 Å². The summed E-state index contributed by atoms with van der Waals surface area (Å²) in [4.78, 5) is 0. The zero-order valence-electron chi connectivity index (χ0n) is 8.75. The third-order valence-electron chi connectivity index (χ3n) is 2.62. The van der Waals surface area contributed by atoms with Crippen molar-refractivity contribution in [2.75, 3.05) is 6.54 Å². The van der Waals surface area contributed by atoms with Crippen LogP contribution in [0, 0.1) is 20.8 Å². The molecule has 0 unspecified atom stereocenters. The maximum atomic E-state index is 6.17. The first kappa shape index (κ1) is 11.8. The van der Waals surface area contributed by atoms with Gasteiger partial charge in [-0.25, -0.2) is 0 Å². The highest BCUT2D eigenvalue weighted by molar-refractivity contribution is 6.37. The van der Waals surface area contributed by atoms with E-state index >= 15 is 0 Å². The van der Waals surface area contributed by atoms with Gasteiger partial charge in [0.2, 0.25) is 0 Å². The van der Waals surface area contributed by atoms with Crippen LogP contribution in [0.1, 0.15) is 22.3 Å². The van der Waals surface area contributed by atoms with Gasteiger partial charge in [-0.2, -0.15) is 0 Å². The largest absolute Gasteiger partial charge is 0.330 e. The Kier molecular flexibility index (Phi) is 3.82. The molecule has 0 atom stereocenters. The van der Waals surface area contributed by atoms with Crippen molar-refractivity contribution in [2.45, 2.75) is 27.2 Å². The van der Waals surface area contributed by atoms with Gasteiger partial charge in [0.25, 0.3) is 0 Å². The number of rotatable bonds is 2. The third kappa shape index (κ3) is 1.90. The average Bonchev–Trinajstić information content (AvgIpc) is 2.19. The third-order valence-corrected chi connectivity index (χ3v) is 3.75. The molecule has 0 aliphatic heterocycles. The topological polar surface area (TPSA) is 26.0 Å². The van der Waals surface area contributed by atoms with E-state index in [-0.39, 0.29) is 0 Å². The van der Waals surface area contributed by atoms with Crippen molar-refractivity contribution in [2.24, 2.45) is 5.73 Å². The van der Waals surface area contributed by atoms with E-state index in [2.05, 4.69) is 0 Å². The molecule has 0 aliphatic rings. The highest BCUT2D eigenvalue weighted by atomic mass is 35.5. The van der Waals surface area contributed by atoms with Crippen molar-refractivity contribution in [3.05, 3.63) is 32.3 Å². The van der Waals surface area contributed by atoms with Crippen molar-refractivity contribution in [1.29, 1.82) is 0 Å². The van der Waals surface area contributed by atoms with Crippen molar-refractivity contribution < 1.29 is 0 Å². The summed E-state index contributed by atoms with van der Waals surface area (Å²) in [6, 6.07) is 0. The summed E-state index contributed by atoms with van der Waals surface area (Å²) in [6.45, 7) is 6.60. The van der Waals surface area contributed by atoms with Crippen LogP contribution in [0.15, 0.2) is 0 Å². The van der Waals surface area contributed by atoms with E-state index < -0.39 is 0 Å². The minimum atomic E-state index is 0.622. The molecule has 78 valence electrons. The first-order valence-electron chi connectivity index (χ1n) is 4.64. The van der Waals surface area contributed by atoms with E-state index in [1.165, 1.54) is 5.56 Å². The van der Waals surface area contributed by atoms with Gasteiger partial charge in [-0.05, 0) is 56.0 Å². The molecule has 1 aromatic rings. The Hall–Kier alpha value is -0.240. The molecule has 0 radical (unpaired) electrons. The highest BCUT2D eigenvalue weighted by Gasteiger charge is 2.13. The van der Waals surface area contributed by atoms with Crippen LogP contribution in [-0.4, -0.2) is 6.54 Å². The van der Waals surface area contributed by atoms with E-state index in [1.54, 1.807) is 0 Å². The Labute approximate surface area is 95.2 Å². The Balaban J connectivity index is 3.43. The standard InChI is InChI=1S/C11H15Cl2N/c1-6-9(4-5-14)7(2)11(13)8(3)10(6)12/h4-5,14H2,1-3H3.